The number of piperidine rings is 2. The predicted octanol–water partition coefficient (Wildman–Crippen LogP) is 10.3. The Hall–Kier alpha value is -6.97. The van der Waals surface area contributed by atoms with Crippen LogP contribution in [0.5, 0.6) is 46.3 Å². The molecule has 3 saturated heterocycles. The van der Waals surface area contributed by atoms with E-state index in [0.717, 1.165) is 92.5 Å². The third-order valence-electron chi connectivity index (χ3n) is 15.0. The van der Waals surface area contributed by atoms with E-state index in [9.17, 15) is 9.59 Å². The molecule has 2 amide bonds. The number of alkyl halides is 1. The van der Waals surface area contributed by atoms with Crippen molar-refractivity contribution in [1.82, 2.24) is 34.6 Å². The number of methoxy groups -OCH3 is 2. The zero-order chi connectivity index (χ0) is 51.1. The molecule has 386 valence electrons. The van der Waals surface area contributed by atoms with E-state index in [1.165, 1.54) is 58.9 Å². The highest BCUT2D eigenvalue weighted by atomic mass is 35.5. The molecular formula is C58H64ClN7O8. The van der Waals surface area contributed by atoms with Crippen molar-refractivity contribution in [2.45, 2.75) is 65.2 Å². The van der Waals surface area contributed by atoms with E-state index in [1.807, 2.05) is 46.2 Å². The van der Waals surface area contributed by atoms with Crippen LogP contribution in [0.25, 0.3) is 33.0 Å². The lowest BCUT2D eigenvalue weighted by Crippen LogP contribution is -2.44. The summed E-state index contributed by atoms with van der Waals surface area (Å²) >= 11 is 5.68. The molecule has 2 aromatic heterocycles. The van der Waals surface area contributed by atoms with Crippen molar-refractivity contribution in [2.24, 2.45) is 11.8 Å². The average molecular weight is 1020 g/mol. The molecule has 4 aromatic carbocycles. The van der Waals surface area contributed by atoms with Gasteiger partial charge < -0.3 is 38.2 Å². The zero-order valence-electron chi connectivity index (χ0n) is 42.7. The Labute approximate surface area is 437 Å². The molecule has 3 fully saturated rings. The number of amides is 2. The molecule has 0 saturated carbocycles. The number of fused-ring (bicyclic) bond motifs is 4. The van der Waals surface area contributed by atoms with Crippen molar-refractivity contribution < 1.29 is 38.0 Å². The van der Waals surface area contributed by atoms with Crippen LogP contribution in [0.15, 0.2) is 85.5 Å². The van der Waals surface area contributed by atoms with E-state index in [4.69, 9.17) is 40.0 Å². The second-order valence-corrected chi connectivity index (χ2v) is 20.1. The first-order valence-electron chi connectivity index (χ1n) is 25.8. The summed E-state index contributed by atoms with van der Waals surface area (Å²) in [6.45, 7) is 11.0. The van der Waals surface area contributed by atoms with Crippen molar-refractivity contribution in [3.05, 3.63) is 108 Å². The Morgan fingerprint density at radius 3 is 1.49 bits per heavy atom. The lowest BCUT2D eigenvalue weighted by molar-refractivity contribution is -0.133. The summed E-state index contributed by atoms with van der Waals surface area (Å²) in [6, 6.07) is 19.8. The largest absolute Gasteiger partial charge is 0.493 e. The summed E-state index contributed by atoms with van der Waals surface area (Å²) in [5, 5.41) is 1.51. The van der Waals surface area contributed by atoms with Crippen LogP contribution in [0.1, 0.15) is 74.6 Å². The van der Waals surface area contributed by atoms with Crippen LogP contribution in [0.3, 0.4) is 0 Å². The van der Waals surface area contributed by atoms with Crippen molar-refractivity contribution in [1.29, 1.82) is 0 Å². The minimum absolute atomic E-state index is 0.00794. The standard InChI is InChI=1S/C31H36N4O4.C27H28ClN3O4/c1-21-5-6-23-7-8-24(15-25(21)23)39-31-26-16-28(37-2)29(17-27(26)32-20-33-31)38-19-22-9-13-35(14-10-22)30(36)18-34-11-3-4-12-34;1-17-3-4-19-5-6-20(11-21(17)19)35-27-22-12-24(33-2)25(13-23(22)29-16-30-27)34-15-18-7-9-31(10-8-18)26(32)14-28/h5,7-8,15-17,20,22H,3-4,6,9-14,18-19H2,1-2H3;3,5-6,11-13,16,18H,4,7-10,14-15H2,1-2H3. The molecule has 5 heterocycles. The molecule has 0 atom stereocenters. The van der Waals surface area contributed by atoms with Crippen LogP contribution in [-0.2, 0) is 22.4 Å². The van der Waals surface area contributed by atoms with E-state index in [2.05, 4.69) is 75.1 Å². The number of nitrogens with zero attached hydrogens (tertiary/aromatic N) is 7. The smallest absolute Gasteiger partial charge is 0.237 e. The normalized spacial score (nSPS) is 16.8. The first-order chi connectivity index (χ1) is 36.1. The molecule has 11 rings (SSSR count). The monoisotopic (exact) mass is 1020 g/mol. The molecule has 15 nitrogen and oxygen atoms in total. The lowest BCUT2D eigenvalue weighted by atomic mass is 9.97. The maximum atomic E-state index is 12.7. The van der Waals surface area contributed by atoms with Gasteiger partial charge in [-0.3, -0.25) is 14.5 Å². The Balaban J connectivity index is 0.000000170. The molecular weight excluding hydrogens is 958 g/mol. The first kappa shape index (κ1) is 50.6. The van der Waals surface area contributed by atoms with Crippen LogP contribution >= 0.6 is 11.6 Å². The number of carbonyl (C=O) groups excluding carboxylic acids is 2. The average Bonchev–Trinajstić information content (AvgIpc) is 4.19. The summed E-state index contributed by atoms with van der Waals surface area (Å²) < 4.78 is 36.1. The van der Waals surface area contributed by atoms with Gasteiger partial charge in [-0.15, -0.1) is 11.6 Å². The second-order valence-electron chi connectivity index (χ2n) is 19.8. The van der Waals surface area contributed by atoms with Crippen LogP contribution in [0.4, 0.5) is 0 Å². The van der Waals surface area contributed by atoms with E-state index >= 15 is 0 Å². The minimum atomic E-state index is -0.00794. The van der Waals surface area contributed by atoms with Gasteiger partial charge in [0.25, 0.3) is 0 Å². The SMILES string of the molecule is COc1cc2c(Oc3ccc4c(c3)C(C)=CC4)ncnc2cc1OCC1CCN(C(=O)CCl)CC1.COc1cc2c(Oc3ccc4c(c3)C(C)=CC4)ncnc2cc1OCC1CCN(C(=O)CN2CCCC2)CC1. The maximum absolute atomic E-state index is 12.7. The van der Waals surface area contributed by atoms with Crippen LogP contribution in [0.2, 0.25) is 0 Å². The van der Waals surface area contributed by atoms with Gasteiger partial charge in [-0.1, -0.05) is 24.3 Å². The predicted molar refractivity (Wildman–Crippen MR) is 286 cm³/mol. The fraction of sp³-hybridized carbons (Fsp3) is 0.414. The van der Waals surface area contributed by atoms with Crippen molar-refractivity contribution in [3.8, 4) is 46.3 Å². The van der Waals surface area contributed by atoms with Crippen LogP contribution in [0, 0.1) is 11.8 Å². The van der Waals surface area contributed by atoms with Gasteiger partial charge in [0, 0.05) is 38.3 Å². The molecule has 0 unspecified atom stereocenters. The molecule has 0 N–H and O–H groups in total. The number of hydrogen-bond acceptors (Lipinski definition) is 13. The summed E-state index contributed by atoms with van der Waals surface area (Å²) in [6.07, 6.45) is 15.5. The number of rotatable bonds is 15. The van der Waals surface area contributed by atoms with Gasteiger partial charge in [0.1, 0.15) is 30.0 Å². The quantitative estimate of drug-likeness (QED) is 0.0899. The molecule has 5 aliphatic rings. The highest BCUT2D eigenvalue weighted by molar-refractivity contribution is 6.27. The number of aromatic nitrogens is 4. The van der Waals surface area contributed by atoms with Crippen LogP contribution in [-0.4, -0.2) is 126 Å². The Bertz CT molecular complexity index is 3090. The number of carbonyl (C=O) groups is 2. The van der Waals surface area contributed by atoms with Gasteiger partial charge in [-0.05, 0) is 160 Å². The molecule has 0 radical (unpaired) electrons. The third-order valence-corrected chi connectivity index (χ3v) is 15.3. The fourth-order valence-corrected chi connectivity index (χ4v) is 10.7. The Kier molecular flexibility index (Phi) is 15.8. The van der Waals surface area contributed by atoms with Gasteiger partial charge in [-0.2, -0.15) is 0 Å². The number of benzene rings is 4. The molecule has 74 heavy (non-hydrogen) atoms. The van der Waals surface area contributed by atoms with Crippen LogP contribution < -0.4 is 28.4 Å². The lowest BCUT2D eigenvalue weighted by Gasteiger charge is -2.33. The highest BCUT2D eigenvalue weighted by Gasteiger charge is 2.27. The zero-order valence-corrected chi connectivity index (χ0v) is 43.5. The Morgan fingerprint density at radius 2 is 1.04 bits per heavy atom. The molecule has 0 bridgehead atoms. The van der Waals surface area contributed by atoms with Gasteiger partial charge in [0.05, 0.1) is 55.8 Å². The van der Waals surface area contributed by atoms with Crippen molar-refractivity contribution in [3.63, 3.8) is 0 Å². The van der Waals surface area contributed by atoms with E-state index < -0.39 is 0 Å². The van der Waals surface area contributed by atoms with Gasteiger partial charge >= 0.3 is 0 Å². The molecule has 2 aliphatic carbocycles. The topological polar surface area (TPSA) is 151 Å². The van der Waals surface area contributed by atoms with Crippen molar-refractivity contribution >= 4 is 56.4 Å². The Morgan fingerprint density at radius 1 is 0.581 bits per heavy atom. The maximum Gasteiger partial charge on any atom is 0.237 e. The summed E-state index contributed by atoms with van der Waals surface area (Å²) in [4.78, 5) is 48.3. The summed E-state index contributed by atoms with van der Waals surface area (Å²) in [5.41, 5.74) is 9.04. The third kappa shape index (κ3) is 11.5. The first-order valence-corrected chi connectivity index (χ1v) is 26.4. The molecule has 6 aromatic rings. The summed E-state index contributed by atoms with van der Waals surface area (Å²) in [5.74, 6) is 5.96. The van der Waals surface area contributed by atoms with E-state index in [0.29, 0.717) is 85.0 Å². The second kappa shape index (κ2) is 23.1. The van der Waals surface area contributed by atoms with Gasteiger partial charge in [-0.25, -0.2) is 19.9 Å². The van der Waals surface area contributed by atoms with Gasteiger partial charge in [0.15, 0.2) is 23.0 Å². The van der Waals surface area contributed by atoms with E-state index in [1.54, 1.807) is 14.2 Å². The highest BCUT2D eigenvalue weighted by Crippen LogP contribution is 2.40. The van der Waals surface area contributed by atoms with Gasteiger partial charge in [0.2, 0.25) is 23.6 Å². The summed E-state index contributed by atoms with van der Waals surface area (Å²) in [7, 11) is 3.25. The number of hydrogen-bond donors (Lipinski definition) is 0. The van der Waals surface area contributed by atoms with Crippen molar-refractivity contribution in [2.75, 3.05) is 79.1 Å². The fourth-order valence-electron chi connectivity index (χ4n) is 10.5. The molecule has 3 aliphatic heterocycles. The number of halogens is 1. The number of ether oxygens (including phenoxy) is 6. The number of likely N-dealkylation sites (tertiary alicyclic amines) is 3. The molecule has 0 spiro atoms. The number of allylic oxidation sites excluding steroid dienone is 4. The minimum Gasteiger partial charge on any atom is -0.493 e. The van der Waals surface area contributed by atoms with E-state index in [-0.39, 0.29) is 17.7 Å². The molecule has 16 heteroatoms.